The number of phenols is 1. The Morgan fingerprint density at radius 3 is 2.94 bits per heavy atom. The molecule has 1 aliphatic heterocycles. The van der Waals surface area contributed by atoms with Crippen LogP contribution in [0.2, 0.25) is 0 Å². The summed E-state index contributed by atoms with van der Waals surface area (Å²) in [6.07, 6.45) is 2.48. The first-order valence-corrected chi connectivity index (χ1v) is 6.52. The van der Waals surface area contributed by atoms with E-state index in [-0.39, 0.29) is 0 Å². The summed E-state index contributed by atoms with van der Waals surface area (Å²) in [6, 6.07) is 5.88. The average Bonchev–Trinajstić information content (AvgIpc) is 2.70. The SMILES string of the molecule is CN(C)CC1CCCN1Cc1cc(N)ccc1O. The second-order valence-corrected chi connectivity index (χ2v) is 5.42. The lowest BCUT2D eigenvalue weighted by molar-refractivity contribution is 0.199. The van der Waals surface area contributed by atoms with Crippen LogP contribution in [0.3, 0.4) is 0 Å². The molecule has 0 amide bonds. The largest absolute Gasteiger partial charge is 0.508 e. The number of anilines is 1. The second kappa shape index (κ2) is 5.59. The van der Waals surface area contributed by atoms with Crippen LogP contribution in [0.5, 0.6) is 5.75 Å². The van der Waals surface area contributed by atoms with E-state index in [2.05, 4.69) is 23.9 Å². The van der Waals surface area contributed by atoms with Gasteiger partial charge in [-0.2, -0.15) is 0 Å². The Balaban J connectivity index is 2.05. The predicted octanol–water partition coefficient (Wildman–Crippen LogP) is 1.50. The zero-order valence-electron chi connectivity index (χ0n) is 11.3. The number of likely N-dealkylation sites (N-methyl/N-ethyl adjacent to an activating group) is 1. The highest BCUT2D eigenvalue weighted by Gasteiger charge is 2.25. The molecule has 0 saturated carbocycles. The number of nitrogens with zero attached hydrogens (tertiary/aromatic N) is 2. The van der Waals surface area contributed by atoms with Gasteiger partial charge in [-0.05, 0) is 51.7 Å². The standard InChI is InChI=1S/C14H23N3O/c1-16(2)10-13-4-3-7-17(13)9-11-8-12(15)5-6-14(11)18/h5-6,8,13,18H,3-4,7,9-10,15H2,1-2H3. The maximum absolute atomic E-state index is 9.87. The van der Waals surface area contributed by atoms with Crippen LogP contribution < -0.4 is 5.73 Å². The number of rotatable bonds is 4. The van der Waals surface area contributed by atoms with E-state index in [0.29, 0.717) is 17.5 Å². The van der Waals surface area contributed by atoms with Crippen molar-refractivity contribution in [2.45, 2.75) is 25.4 Å². The maximum Gasteiger partial charge on any atom is 0.120 e. The number of phenolic OH excluding ortho intramolecular Hbond substituents is 1. The molecule has 3 N–H and O–H groups in total. The Kier molecular flexibility index (Phi) is 4.09. The molecule has 0 bridgehead atoms. The fourth-order valence-corrected chi connectivity index (χ4v) is 2.68. The molecule has 1 aromatic carbocycles. The molecular weight excluding hydrogens is 226 g/mol. The van der Waals surface area contributed by atoms with Gasteiger partial charge in [0.05, 0.1) is 0 Å². The Morgan fingerprint density at radius 1 is 1.44 bits per heavy atom. The smallest absolute Gasteiger partial charge is 0.120 e. The molecule has 18 heavy (non-hydrogen) atoms. The van der Waals surface area contributed by atoms with Crippen molar-refractivity contribution in [3.05, 3.63) is 23.8 Å². The minimum absolute atomic E-state index is 0.347. The zero-order valence-corrected chi connectivity index (χ0v) is 11.3. The molecule has 0 aliphatic carbocycles. The van der Waals surface area contributed by atoms with Crippen LogP contribution in [0.15, 0.2) is 18.2 Å². The Labute approximate surface area is 109 Å². The zero-order chi connectivity index (χ0) is 13.1. The Bertz CT molecular complexity index is 406. The number of nitrogens with two attached hydrogens (primary N) is 1. The fraction of sp³-hybridized carbons (Fsp3) is 0.571. The van der Waals surface area contributed by atoms with Gasteiger partial charge in [-0.25, -0.2) is 0 Å². The van der Waals surface area contributed by atoms with Gasteiger partial charge in [-0.1, -0.05) is 0 Å². The van der Waals surface area contributed by atoms with E-state index in [1.54, 1.807) is 12.1 Å². The van der Waals surface area contributed by atoms with Crippen molar-refractivity contribution in [2.24, 2.45) is 0 Å². The third kappa shape index (κ3) is 3.15. The summed E-state index contributed by atoms with van der Waals surface area (Å²) in [7, 11) is 4.21. The van der Waals surface area contributed by atoms with Crippen molar-refractivity contribution < 1.29 is 5.11 Å². The first kappa shape index (κ1) is 13.2. The van der Waals surface area contributed by atoms with E-state index < -0.39 is 0 Å². The first-order valence-electron chi connectivity index (χ1n) is 6.52. The molecule has 0 radical (unpaired) electrons. The lowest BCUT2D eigenvalue weighted by Crippen LogP contribution is -2.37. The normalized spacial score (nSPS) is 20.7. The van der Waals surface area contributed by atoms with Crippen molar-refractivity contribution in [2.75, 3.05) is 32.9 Å². The highest BCUT2D eigenvalue weighted by atomic mass is 16.3. The predicted molar refractivity (Wildman–Crippen MR) is 74.5 cm³/mol. The summed E-state index contributed by atoms with van der Waals surface area (Å²) in [5.41, 5.74) is 7.42. The number of hydrogen-bond donors (Lipinski definition) is 2. The van der Waals surface area contributed by atoms with Gasteiger partial charge in [-0.15, -0.1) is 0 Å². The van der Waals surface area contributed by atoms with Gasteiger partial charge >= 0.3 is 0 Å². The van der Waals surface area contributed by atoms with Crippen molar-refractivity contribution >= 4 is 5.69 Å². The minimum atomic E-state index is 0.347. The number of likely N-dealkylation sites (tertiary alicyclic amines) is 1. The van der Waals surface area contributed by atoms with Crippen molar-refractivity contribution in [3.8, 4) is 5.75 Å². The molecule has 0 aromatic heterocycles. The molecule has 1 saturated heterocycles. The van der Waals surface area contributed by atoms with Gasteiger partial charge in [0.25, 0.3) is 0 Å². The molecule has 0 spiro atoms. The maximum atomic E-state index is 9.87. The Morgan fingerprint density at radius 2 is 2.22 bits per heavy atom. The topological polar surface area (TPSA) is 52.7 Å². The molecular formula is C14H23N3O. The van der Waals surface area contributed by atoms with Crippen molar-refractivity contribution in [3.63, 3.8) is 0 Å². The monoisotopic (exact) mass is 249 g/mol. The van der Waals surface area contributed by atoms with E-state index in [0.717, 1.165) is 25.2 Å². The van der Waals surface area contributed by atoms with Crippen LogP contribution in [0.1, 0.15) is 18.4 Å². The average molecular weight is 249 g/mol. The molecule has 1 aromatic rings. The lowest BCUT2D eigenvalue weighted by atomic mass is 10.1. The van der Waals surface area contributed by atoms with E-state index in [4.69, 9.17) is 5.73 Å². The van der Waals surface area contributed by atoms with E-state index in [9.17, 15) is 5.11 Å². The summed E-state index contributed by atoms with van der Waals surface area (Å²) >= 11 is 0. The molecule has 4 nitrogen and oxygen atoms in total. The van der Waals surface area contributed by atoms with Crippen LogP contribution in [-0.2, 0) is 6.54 Å². The van der Waals surface area contributed by atoms with E-state index in [1.807, 2.05) is 6.07 Å². The van der Waals surface area contributed by atoms with Crippen molar-refractivity contribution in [1.29, 1.82) is 0 Å². The summed E-state index contributed by atoms with van der Waals surface area (Å²) in [5.74, 6) is 0.347. The van der Waals surface area contributed by atoms with Gasteiger partial charge in [0.15, 0.2) is 0 Å². The van der Waals surface area contributed by atoms with Gasteiger partial charge in [0.2, 0.25) is 0 Å². The molecule has 2 rings (SSSR count). The van der Waals surface area contributed by atoms with Crippen LogP contribution >= 0.6 is 0 Å². The quantitative estimate of drug-likeness (QED) is 0.627. The van der Waals surface area contributed by atoms with Gasteiger partial charge < -0.3 is 15.7 Å². The van der Waals surface area contributed by atoms with E-state index in [1.165, 1.54) is 12.8 Å². The molecule has 1 fully saturated rings. The highest BCUT2D eigenvalue weighted by Crippen LogP contribution is 2.26. The Hall–Kier alpha value is -1.26. The minimum Gasteiger partial charge on any atom is -0.508 e. The van der Waals surface area contributed by atoms with Gasteiger partial charge in [-0.3, -0.25) is 4.90 Å². The van der Waals surface area contributed by atoms with E-state index >= 15 is 0 Å². The third-order valence-electron chi connectivity index (χ3n) is 3.55. The molecule has 100 valence electrons. The van der Waals surface area contributed by atoms with Crippen LogP contribution in [-0.4, -0.2) is 48.1 Å². The summed E-state index contributed by atoms with van der Waals surface area (Å²) in [5, 5.41) is 9.87. The summed E-state index contributed by atoms with van der Waals surface area (Å²) in [6.45, 7) is 2.96. The number of nitrogen functional groups attached to an aromatic ring is 1. The molecule has 4 heteroatoms. The molecule has 1 aliphatic rings. The molecule has 1 heterocycles. The van der Waals surface area contributed by atoms with Crippen LogP contribution in [0, 0.1) is 0 Å². The highest BCUT2D eigenvalue weighted by molar-refractivity contribution is 5.47. The summed E-state index contributed by atoms with van der Waals surface area (Å²) < 4.78 is 0. The third-order valence-corrected chi connectivity index (χ3v) is 3.55. The molecule has 1 atom stereocenters. The summed E-state index contributed by atoms with van der Waals surface area (Å²) in [4.78, 5) is 4.66. The number of benzene rings is 1. The number of hydrogen-bond acceptors (Lipinski definition) is 4. The fourth-order valence-electron chi connectivity index (χ4n) is 2.68. The van der Waals surface area contributed by atoms with Crippen molar-refractivity contribution in [1.82, 2.24) is 9.80 Å². The lowest BCUT2D eigenvalue weighted by Gasteiger charge is -2.27. The second-order valence-electron chi connectivity index (χ2n) is 5.42. The van der Waals surface area contributed by atoms with Gasteiger partial charge in [0, 0.05) is 30.4 Å². The first-order chi connectivity index (χ1) is 8.56. The van der Waals surface area contributed by atoms with Crippen LogP contribution in [0.4, 0.5) is 5.69 Å². The van der Waals surface area contributed by atoms with Crippen LogP contribution in [0.25, 0.3) is 0 Å². The molecule has 1 unspecified atom stereocenters. The van der Waals surface area contributed by atoms with Gasteiger partial charge in [0.1, 0.15) is 5.75 Å². The number of aromatic hydroxyl groups is 1.